The Hall–Kier alpha value is -2.80. The van der Waals surface area contributed by atoms with Gasteiger partial charge in [-0.05, 0) is 48.6 Å². The lowest BCUT2D eigenvalue weighted by Crippen LogP contribution is -2.04. The molecule has 0 bridgehead atoms. The average molecular weight is 364 g/mol. The number of rotatable bonds is 8. The Morgan fingerprint density at radius 3 is 2.44 bits per heavy atom. The molecule has 0 saturated carbocycles. The number of hydrogen-bond acceptors (Lipinski definition) is 6. The highest BCUT2D eigenvalue weighted by Crippen LogP contribution is 2.29. The molecule has 2 rings (SSSR count). The maximum Gasteiger partial charge on any atom is 0.263 e. The highest BCUT2D eigenvalue weighted by atomic mass is 35.5. The predicted molar refractivity (Wildman–Crippen MR) is 93.1 cm³/mol. The minimum absolute atomic E-state index is 0.0697. The highest BCUT2D eigenvalue weighted by molar-refractivity contribution is 6.31. The second kappa shape index (κ2) is 8.89. The summed E-state index contributed by atoms with van der Waals surface area (Å²) < 4.78 is 10.8. The molecule has 0 aliphatic rings. The van der Waals surface area contributed by atoms with Gasteiger partial charge < -0.3 is 14.6 Å². The first-order valence-corrected chi connectivity index (χ1v) is 7.89. The average Bonchev–Trinajstić information content (AvgIpc) is 2.58. The molecule has 132 valence electrons. The standard InChI is InChI=1S/C17H17ClN2O5/c1-2-24-14-3-5-15(6-4-14)25-8-7-19-11-12-9-13(18)10-16(17(12)21)20(22)23/h3-6,9-11,21H,2,7-8H2,1H3/p-1. The minimum atomic E-state index is -0.763. The lowest BCUT2D eigenvalue weighted by atomic mass is 10.2. The molecule has 0 fully saturated rings. The van der Waals surface area contributed by atoms with Gasteiger partial charge in [0.2, 0.25) is 0 Å². The Morgan fingerprint density at radius 1 is 1.20 bits per heavy atom. The van der Waals surface area contributed by atoms with Crippen molar-refractivity contribution in [2.75, 3.05) is 19.8 Å². The van der Waals surface area contributed by atoms with Crippen LogP contribution in [-0.4, -0.2) is 30.9 Å². The Bertz CT molecular complexity index is 762. The van der Waals surface area contributed by atoms with Crippen LogP contribution in [0.3, 0.4) is 0 Å². The van der Waals surface area contributed by atoms with Crippen LogP contribution >= 0.6 is 11.6 Å². The van der Waals surface area contributed by atoms with E-state index in [1.807, 2.05) is 6.92 Å². The first-order valence-electron chi connectivity index (χ1n) is 7.51. The van der Waals surface area contributed by atoms with E-state index in [0.717, 1.165) is 11.8 Å². The van der Waals surface area contributed by atoms with Gasteiger partial charge in [0.1, 0.15) is 18.1 Å². The molecular weight excluding hydrogens is 348 g/mol. The van der Waals surface area contributed by atoms with E-state index >= 15 is 0 Å². The van der Waals surface area contributed by atoms with Crippen LogP contribution in [0.15, 0.2) is 41.4 Å². The second-order valence-corrected chi connectivity index (χ2v) is 5.32. The number of halogens is 1. The number of ether oxygens (including phenoxy) is 2. The van der Waals surface area contributed by atoms with Crippen LogP contribution < -0.4 is 14.6 Å². The van der Waals surface area contributed by atoms with E-state index in [0.29, 0.717) is 19.0 Å². The summed E-state index contributed by atoms with van der Waals surface area (Å²) >= 11 is 5.78. The van der Waals surface area contributed by atoms with Gasteiger partial charge in [-0.25, -0.2) is 0 Å². The number of nitrogens with zero attached hydrogens (tertiary/aromatic N) is 2. The van der Waals surface area contributed by atoms with Crippen molar-refractivity contribution in [3.8, 4) is 17.2 Å². The van der Waals surface area contributed by atoms with Crippen LogP contribution in [0.2, 0.25) is 5.02 Å². The summed E-state index contributed by atoms with van der Waals surface area (Å²) in [7, 11) is 0. The molecule has 0 aliphatic heterocycles. The van der Waals surface area contributed by atoms with Crippen LogP contribution in [0, 0.1) is 10.1 Å². The van der Waals surface area contributed by atoms with Gasteiger partial charge in [0.15, 0.2) is 0 Å². The van der Waals surface area contributed by atoms with Crippen molar-refractivity contribution in [2.24, 2.45) is 4.99 Å². The van der Waals surface area contributed by atoms with E-state index in [1.54, 1.807) is 24.3 Å². The van der Waals surface area contributed by atoms with Gasteiger partial charge in [-0.15, -0.1) is 0 Å². The van der Waals surface area contributed by atoms with Crippen molar-refractivity contribution in [3.63, 3.8) is 0 Å². The van der Waals surface area contributed by atoms with E-state index in [2.05, 4.69) is 4.99 Å². The second-order valence-electron chi connectivity index (χ2n) is 4.89. The summed E-state index contributed by atoms with van der Waals surface area (Å²) in [6.45, 7) is 3.08. The molecular formula is C17H16ClN2O5-. The molecule has 0 amide bonds. The summed E-state index contributed by atoms with van der Waals surface area (Å²) in [4.78, 5) is 14.1. The molecule has 0 radical (unpaired) electrons. The van der Waals surface area contributed by atoms with Crippen LogP contribution in [0.5, 0.6) is 17.2 Å². The normalized spacial score (nSPS) is 10.8. The Kier molecular flexibility index (Phi) is 6.59. The quantitative estimate of drug-likeness (QED) is 0.310. The zero-order valence-electron chi connectivity index (χ0n) is 13.5. The molecule has 2 aromatic rings. The first kappa shape index (κ1) is 18.5. The van der Waals surface area contributed by atoms with E-state index in [4.69, 9.17) is 21.1 Å². The largest absolute Gasteiger partial charge is 0.867 e. The lowest BCUT2D eigenvalue weighted by Gasteiger charge is -2.11. The number of nitro benzene ring substituents is 1. The fourth-order valence-electron chi connectivity index (χ4n) is 2.01. The molecule has 0 aromatic heterocycles. The molecule has 0 N–H and O–H groups in total. The zero-order valence-corrected chi connectivity index (χ0v) is 14.2. The third-order valence-corrected chi connectivity index (χ3v) is 3.33. The third-order valence-electron chi connectivity index (χ3n) is 3.11. The van der Waals surface area contributed by atoms with Crippen molar-refractivity contribution in [2.45, 2.75) is 6.92 Å². The van der Waals surface area contributed by atoms with Gasteiger partial charge in [0.25, 0.3) is 5.69 Å². The number of aliphatic imine (C=N–C) groups is 1. The van der Waals surface area contributed by atoms with Crippen molar-refractivity contribution in [1.29, 1.82) is 0 Å². The summed E-state index contributed by atoms with van der Waals surface area (Å²) in [5.41, 5.74) is -0.500. The summed E-state index contributed by atoms with van der Waals surface area (Å²) in [5.74, 6) is 0.713. The van der Waals surface area contributed by atoms with Crippen LogP contribution in [0.25, 0.3) is 0 Å². The smallest absolute Gasteiger partial charge is 0.263 e. The molecule has 0 heterocycles. The molecule has 0 spiro atoms. The van der Waals surface area contributed by atoms with Gasteiger partial charge in [0.05, 0.1) is 18.1 Å². The van der Waals surface area contributed by atoms with Gasteiger partial charge >= 0.3 is 0 Å². The first-order chi connectivity index (χ1) is 12.0. The van der Waals surface area contributed by atoms with E-state index < -0.39 is 16.4 Å². The fourth-order valence-corrected chi connectivity index (χ4v) is 2.23. The van der Waals surface area contributed by atoms with E-state index in [9.17, 15) is 15.2 Å². The maximum atomic E-state index is 11.9. The minimum Gasteiger partial charge on any atom is -0.867 e. The topological polar surface area (TPSA) is 97.0 Å². The SMILES string of the molecule is CCOc1ccc(OCCN=Cc2cc(Cl)cc([N+](=O)[O-])c2[O-])cc1. The molecule has 0 aliphatic carbocycles. The molecule has 0 saturated heterocycles. The summed E-state index contributed by atoms with van der Waals surface area (Å²) in [5, 5.41) is 22.8. The number of nitro groups is 1. The molecule has 0 atom stereocenters. The van der Waals surface area contributed by atoms with Crippen molar-refractivity contribution < 1.29 is 19.5 Å². The molecule has 7 nitrogen and oxygen atoms in total. The van der Waals surface area contributed by atoms with E-state index in [-0.39, 0.29) is 17.1 Å². The van der Waals surface area contributed by atoms with Gasteiger partial charge in [-0.2, -0.15) is 0 Å². The van der Waals surface area contributed by atoms with Crippen molar-refractivity contribution in [1.82, 2.24) is 0 Å². The number of benzene rings is 2. The van der Waals surface area contributed by atoms with Crippen LogP contribution in [0.1, 0.15) is 12.5 Å². The molecule has 0 unspecified atom stereocenters. The highest BCUT2D eigenvalue weighted by Gasteiger charge is 2.11. The number of hydrogen-bond donors (Lipinski definition) is 0. The predicted octanol–water partition coefficient (Wildman–Crippen LogP) is 3.22. The summed E-state index contributed by atoms with van der Waals surface area (Å²) in [6, 6.07) is 9.54. The monoisotopic (exact) mass is 363 g/mol. The Labute approximate surface area is 149 Å². The fraction of sp³-hybridized carbons (Fsp3) is 0.235. The Balaban J connectivity index is 1.90. The molecule has 25 heavy (non-hydrogen) atoms. The molecule has 2 aromatic carbocycles. The third kappa shape index (κ3) is 5.36. The van der Waals surface area contributed by atoms with Crippen molar-refractivity contribution in [3.05, 3.63) is 57.1 Å². The Morgan fingerprint density at radius 2 is 1.84 bits per heavy atom. The maximum absolute atomic E-state index is 11.9. The van der Waals surface area contributed by atoms with Crippen LogP contribution in [-0.2, 0) is 0 Å². The van der Waals surface area contributed by atoms with Crippen LogP contribution in [0.4, 0.5) is 5.69 Å². The van der Waals surface area contributed by atoms with Gasteiger partial charge in [-0.1, -0.05) is 11.6 Å². The van der Waals surface area contributed by atoms with Gasteiger partial charge in [-0.3, -0.25) is 15.1 Å². The van der Waals surface area contributed by atoms with Crippen molar-refractivity contribution >= 4 is 23.5 Å². The molecule has 8 heteroatoms. The summed E-state index contributed by atoms with van der Waals surface area (Å²) in [6.07, 6.45) is 1.27. The lowest BCUT2D eigenvalue weighted by molar-refractivity contribution is -0.398. The van der Waals surface area contributed by atoms with E-state index in [1.165, 1.54) is 12.3 Å². The zero-order chi connectivity index (χ0) is 18.2. The van der Waals surface area contributed by atoms with Gasteiger partial charge in [0, 0.05) is 17.3 Å².